The van der Waals surface area contributed by atoms with Crippen LogP contribution in [0.5, 0.6) is 0 Å². The second-order valence-electron chi connectivity index (χ2n) is 4.37. The number of aliphatic carboxylic acids is 1. The van der Waals surface area contributed by atoms with Gasteiger partial charge in [0.05, 0.1) is 17.1 Å². The van der Waals surface area contributed by atoms with Crippen molar-refractivity contribution in [3.63, 3.8) is 0 Å². The summed E-state index contributed by atoms with van der Waals surface area (Å²) in [5.74, 6) is -1.46. The minimum absolute atomic E-state index is 0.0492. The molecule has 116 valence electrons. The van der Waals surface area contributed by atoms with Crippen molar-refractivity contribution >= 4 is 37.6 Å². The fourth-order valence-corrected chi connectivity index (χ4v) is 3.15. The van der Waals surface area contributed by atoms with Crippen molar-refractivity contribution in [3.05, 3.63) is 28.7 Å². The van der Waals surface area contributed by atoms with Crippen LogP contribution in [0.25, 0.3) is 0 Å². The van der Waals surface area contributed by atoms with Crippen LogP contribution in [0.3, 0.4) is 0 Å². The highest BCUT2D eigenvalue weighted by Gasteiger charge is 2.14. The number of hydrogen-bond donors (Lipinski definition) is 2. The first-order valence-electron chi connectivity index (χ1n) is 6.28. The number of carboxylic acid groups (broad SMARTS) is 1. The van der Waals surface area contributed by atoms with Crippen molar-refractivity contribution in [2.45, 2.75) is 24.2 Å². The molecule has 0 unspecified atom stereocenters. The number of hydrogen-bond acceptors (Lipinski definition) is 4. The van der Waals surface area contributed by atoms with Gasteiger partial charge in [0.25, 0.3) is 0 Å². The molecule has 8 heteroatoms. The number of sulfone groups is 1. The third-order valence-corrected chi connectivity index (χ3v) is 5.00. The minimum Gasteiger partial charge on any atom is -0.481 e. The second kappa shape index (κ2) is 8.14. The van der Waals surface area contributed by atoms with Gasteiger partial charge >= 0.3 is 5.97 Å². The van der Waals surface area contributed by atoms with E-state index in [4.69, 9.17) is 5.11 Å². The van der Waals surface area contributed by atoms with Gasteiger partial charge < -0.3 is 10.4 Å². The molecule has 0 aliphatic rings. The molecule has 0 aliphatic heterocycles. The van der Waals surface area contributed by atoms with Crippen molar-refractivity contribution in [2.75, 3.05) is 12.3 Å². The fourth-order valence-electron chi connectivity index (χ4n) is 1.58. The first-order chi connectivity index (χ1) is 9.81. The molecule has 0 spiro atoms. The van der Waals surface area contributed by atoms with Gasteiger partial charge in [-0.3, -0.25) is 9.59 Å². The highest BCUT2D eigenvalue weighted by molar-refractivity contribution is 9.10. The van der Waals surface area contributed by atoms with Crippen LogP contribution in [0, 0.1) is 0 Å². The second-order valence-corrected chi connectivity index (χ2v) is 7.39. The molecule has 1 aromatic carbocycles. The first kappa shape index (κ1) is 17.6. The van der Waals surface area contributed by atoms with E-state index in [2.05, 4.69) is 21.2 Å². The van der Waals surface area contributed by atoms with Gasteiger partial charge in [0.15, 0.2) is 9.84 Å². The zero-order valence-electron chi connectivity index (χ0n) is 11.2. The monoisotopic (exact) mass is 377 g/mol. The Hall–Kier alpha value is -1.41. The highest BCUT2D eigenvalue weighted by Crippen LogP contribution is 2.16. The number of amides is 1. The van der Waals surface area contributed by atoms with Crippen LogP contribution in [0.4, 0.5) is 0 Å². The van der Waals surface area contributed by atoms with Crippen molar-refractivity contribution in [1.29, 1.82) is 0 Å². The van der Waals surface area contributed by atoms with E-state index >= 15 is 0 Å². The van der Waals surface area contributed by atoms with Crippen molar-refractivity contribution < 1.29 is 23.1 Å². The maximum Gasteiger partial charge on any atom is 0.305 e. The van der Waals surface area contributed by atoms with Gasteiger partial charge in [-0.15, -0.1) is 0 Å². The van der Waals surface area contributed by atoms with E-state index in [1.165, 1.54) is 12.1 Å². The van der Waals surface area contributed by atoms with Gasteiger partial charge in [-0.1, -0.05) is 15.9 Å². The average molecular weight is 378 g/mol. The lowest BCUT2D eigenvalue weighted by molar-refractivity contribution is -0.136. The number of carbonyl (C=O) groups is 2. The number of carbonyl (C=O) groups excluding carboxylic acids is 1. The number of rotatable bonds is 8. The summed E-state index contributed by atoms with van der Waals surface area (Å²) in [7, 11) is -3.40. The first-order valence-corrected chi connectivity index (χ1v) is 8.72. The molecule has 0 radical (unpaired) electrons. The molecule has 2 N–H and O–H groups in total. The molecule has 1 amide bonds. The Balaban J connectivity index is 2.39. The summed E-state index contributed by atoms with van der Waals surface area (Å²) in [5, 5.41) is 10.8. The van der Waals surface area contributed by atoms with Gasteiger partial charge in [-0.25, -0.2) is 8.42 Å². The largest absolute Gasteiger partial charge is 0.481 e. The van der Waals surface area contributed by atoms with Gasteiger partial charge in [0, 0.05) is 17.4 Å². The quantitative estimate of drug-likeness (QED) is 0.716. The molecular formula is C13H16BrNO5S. The Bertz CT molecular complexity index is 597. The number of carboxylic acids is 1. The van der Waals surface area contributed by atoms with Crippen LogP contribution in [-0.4, -0.2) is 37.7 Å². The topological polar surface area (TPSA) is 101 Å². The number of nitrogens with one attached hydrogen (secondary N) is 1. The van der Waals surface area contributed by atoms with Crippen LogP contribution >= 0.6 is 15.9 Å². The lowest BCUT2D eigenvalue weighted by Gasteiger charge is -2.05. The Labute approximate surface area is 131 Å². The Morgan fingerprint density at radius 3 is 2.33 bits per heavy atom. The van der Waals surface area contributed by atoms with Crippen LogP contribution < -0.4 is 5.32 Å². The summed E-state index contributed by atoms with van der Waals surface area (Å²) >= 11 is 3.23. The lowest BCUT2D eigenvalue weighted by Crippen LogP contribution is -2.26. The molecule has 6 nitrogen and oxygen atoms in total. The molecule has 1 rings (SSSR count). The van der Waals surface area contributed by atoms with Crippen molar-refractivity contribution in [2.24, 2.45) is 0 Å². The van der Waals surface area contributed by atoms with E-state index in [-0.39, 0.29) is 42.4 Å². The molecular weight excluding hydrogens is 362 g/mol. The summed E-state index contributed by atoms with van der Waals surface area (Å²) in [6.45, 7) is 0.0492. The van der Waals surface area contributed by atoms with Crippen molar-refractivity contribution in [1.82, 2.24) is 5.32 Å². The maximum atomic E-state index is 12.0. The zero-order chi connectivity index (χ0) is 15.9. The molecule has 0 heterocycles. The third-order valence-electron chi connectivity index (χ3n) is 2.65. The highest BCUT2D eigenvalue weighted by atomic mass is 79.9. The Morgan fingerprint density at radius 2 is 1.76 bits per heavy atom. The van der Waals surface area contributed by atoms with E-state index in [1.54, 1.807) is 12.1 Å². The maximum absolute atomic E-state index is 12.0. The van der Waals surface area contributed by atoms with Gasteiger partial charge in [0.1, 0.15) is 0 Å². The summed E-state index contributed by atoms with van der Waals surface area (Å²) in [4.78, 5) is 21.9. The minimum atomic E-state index is -3.40. The molecule has 0 saturated heterocycles. The van der Waals surface area contributed by atoms with Gasteiger partial charge in [0.2, 0.25) is 5.91 Å². The van der Waals surface area contributed by atoms with E-state index in [0.29, 0.717) is 0 Å². The van der Waals surface area contributed by atoms with Crippen LogP contribution in [0.2, 0.25) is 0 Å². The molecule has 0 fully saturated rings. The number of halogens is 1. The average Bonchev–Trinajstić information content (AvgIpc) is 2.38. The molecule has 21 heavy (non-hydrogen) atoms. The normalized spacial score (nSPS) is 11.1. The van der Waals surface area contributed by atoms with E-state index < -0.39 is 15.8 Å². The summed E-state index contributed by atoms with van der Waals surface area (Å²) < 4.78 is 24.8. The summed E-state index contributed by atoms with van der Waals surface area (Å²) in [5.41, 5.74) is 0. The van der Waals surface area contributed by atoms with Crippen LogP contribution in [0.1, 0.15) is 19.3 Å². The Kier molecular flexibility index (Phi) is 6.83. The molecule has 1 aromatic rings. The fraction of sp³-hybridized carbons (Fsp3) is 0.385. The number of benzene rings is 1. The van der Waals surface area contributed by atoms with Gasteiger partial charge in [-0.2, -0.15) is 0 Å². The van der Waals surface area contributed by atoms with E-state index in [9.17, 15) is 18.0 Å². The molecule has 0 bridgehead atoms. The van der Waals surface area contributed by atoms with Crippen LogP contribution in [0.15, 0.2) is 33.6 Å². The molecule has 0 atom stereocenters. The lowest BCUT2D eigenvalue weighted by atomic mass is 10.3. The molecule has 0 aliphatic carbocycles. The molecule has 0 aromatic heterocycles. The predicted molar refractivity (Wildman–Crippen MR) is 80.7 cm³/mol. The zero-order valence-corrected chi connectivity index (χ0v) is 13.6. The molecule has 0 saturated carbocycles. The standard InChI is InChI=1S/C13H16BrNO5S/c14-10-3-5-11(6-4-10)21(19,20)9-1-2-12(16)15-8-7-13(17)18/h3-6H,1-2,7-9H2,(H,15,16)(H,17,18). The smallest absolute Gasteiger partial charge is 0.305 e. The predicted octanol–water partition coefficient (Wildman–Crippen LogP) is 1.59. The third kappa shape index (κ3) is 6.72. The Morgan fingerprint density at radius 1 is 1.14 bits per heavy atom. The van der Waals surface area contributed by atoms with Gasteiger partial charge in [-0.05, 0) is 30.7 Å². The SMILES string of the molecule is O=C(O)CCNC(=O)CCCS(=O)(=O)c1ccc(Br)cc1. The van der Waals surface area contributed by atoms with Crippen molar-refractivity contribution in [3.8, 4) is 0 Å². The summed E-state index contributed by atoms with van der Waals surface area (Å²) in [6.07, 6.45) is 0.0929. The van der Waals surface area contributed by atoms with E-state index in [1.807, 2.05) is 0 Å². The van der Waals surface area contributed by atoms with E-state index in [0.717, 1.165) is 4.47 Å². The summed E-state index contributed by atoms with van der Waals surface area (Å²) in [6, 6.07) is 6.30. The van der Waals surface area contributed by atoms with Crippen LogP contribution in [-0.2, 0) is 19.4 Å².